The minimum atomic E-state index is -0.00276. The average Bonchev–Trinajstić information content (AvgIpc) is 2.51. The Kier molecular flexibility index (Phi) is 4.86. The van der Waals surface area contributed by atoms with E-state index in [1.165, 1.54) is 11.1 Å². The van der Waals surface area contributed by atoms with Gasteiger partial charge in [-0.15, -0.1) is 0 Å². The molecule has 0 radical (unpaired) electrons. The molecule has 22 heavy (non-hydrogen) atoms. The maximum atomic E-state index is 9.80. The van der Waals surface area contributed by atoms with Crippen LogP contribution in [0.25, 0.3) is 0 Å². The number of phenolic OH excluding ortho intramolecular Hbond substituents is 2. The molecule has 0 aromatic heterocycles. The summed E-state index contributed by atoms with van der Waals surface area (Å²) in [5, 5.41) is 28.5. The standard InChI is InChI=1S/C17H26N2O3/c20-9-8-18-4-6-19(7-5-18)12-14-3-1-2-13-10-16(21)17(22)11-15(13)14/h10-11,14,20-22H,1-9,12H2. The Bertz CT molecular complexity index is 513. The van der Waals surface area contributed by atoms with Crippen LogP contribution in [0.3, 0.4) is 0 Å². The second-order valence-electron chi connectivity index (χ2n) is 6.49. The molecule has 0 amide bonds. The van der Waals surface area contributed by atoms with Crippen LogP contribution < -0.4 is 0 Å². The third-order valence-corrected chi connectivity index (χ3v) is 5.03. The third-order valence-electron chi connectivity index (χ3n) is 5.03. The van der Waals surface area contributed by atoms with E-state index in [1.54, 1.807) is 12.1 Å². The Morgan fingerprint density at radius 3 is 2.41 bits per heavy atom. The molecule has 1 atom stereocenters. The van der Waals surface area contributed by atoms with Gasteiger partial charge in [0.25, 0.3) is 0 Å². The van der Waals surface area contributed by atoms with E-state index < -0.39 is 0 Å². The molecule has 2 aliphatic rings. The Labute approximate surface area is 131 Å². The van der Waals surface area contributed by atoms with Gasteiger partial charge in [-0.05, 0) is 48.4 Å². The van der Waals surface area contributed by atoms with Gasteiger partial charge in [-0.25, -0.2) is 0 Å². The van der Waals surface area contributed by atoms with Crippen molar-refractivity contribution in [1.82, 2.24) is 9.80 Å². The predicted octanol–water partition coefficient (Wildman–Crippen LogP) is 1.13. The monoisotopic (exact) mass is 306 g/mol. The van der Waals surface area contributed by atoms with Crippen LogP contribution in [0, 0.1) is 0 Å². The summed E-state index contributed by atoms with van der Waals surface area (Å²) in [6.45, 7) is 6.13. The summed E-state index contributed by atoms with van der Waals surface area (Å²) in [5.74, 6) is 0.440. The van der Waals surface area contributed by atoms with E-state index in [2.05, 4.69) is 9.80 Å². The minimum absolute atomic E-state index is 0.00147. The van der Waals surface area contributed by atoms with Crippen molar-refractivity contribution in [3.05, 3.63) is 23.3 Å². The van der Waals surface area contributed by atoms with Crippen LogP contribution in [0.1, 0.15) is 29.9 Å². The summed E-state index contributed by atoms with van der Waals surface area (Å²) < 4.78 is 0. The summed E-state index contributed by atoms with van der Waals surface area (Å²) in [7, 11) is 0. The SMILES string of the molecule is OCCN1CCN(CC2CCCc3cc(O)c(O)cc32)CC1. The summed E-state index contributed by atoms with van der Waals surface area (Å²) in [6.07, 6.45) is 3.28. The number of aryl methyl sites for hydroxylation is 1. The van der Waals surface area contributed by atoms with Gasteiger partial charge in [0, 0.05) is 39.3 Å². The summed E-state index contributed by atoms with van der Waals surface area (Å²) in [4.78, 5) is 4.78. The molecule has 1 aliphatic heterocycles. The van der Waals surface area contributed by atoms with Crippen LogP contribution in [-0.4, -0.2) is 71.0 Å². The van der Waals surface area contributed by atoms with E-state index in [0.29, 0.717) is 5.92 Å². The molecule has 122 valence electrons. The Hall–Kier alpha value is -1.30. The van der Waals surface area contributed by atoms with Crippen LogP contribution in [-0.2, 0) is 6.42 Å². The van der Waals surface area contributed by atoms with Crippen LogP contribution in [0.5, 0.6) is 11.5 Å². The number of aliphatic hydroxyl groups is 1. The quantitative estimate of drug-likeness (QED) is 0.728. The van der Waals surface area contributed by atoms with Gasteiger partial charge >= 0.3 is 0 Å². The number of nitrogens with zero attached hydrogens (tertiary/aromatic N) is 2. The summed E-state index contributed by atoms with van der Waals surface area (Å²) in [6, 6.07) is 3.49. The molecule has 0 spiro atoms. The Morgan fingerprint density at radius 1 is 1.00 bits per heavy atom. The van der Waals surface area contributed by atoms with Gasteiger partial charge in [0.2, 0.25) is 0 Å². The lowest BCUT2D eigenvalue weighted by Gasteiger charge is -2.37. The highest BCUT2D eigenvalue weighted by atomic mass is 16.3. The third kappa shape index (κ3) is 3.37. The fraction of sp³-hybridized carbons (Fsp3) is 0.647. The maximum Gasteiger partial charge on any atom is 0.157 e. The predicted molar refractivity (Wildman–Crippen MR) is 85.4 cm³/mol. The number of β-amino-alcohol motifs (C(OH)–C–C–N with tert-alkyl or cyclic N) is 1. The van der Waals surface area contributed by atoms with Crippen LogP contribution in [0.15, 0.2) is 12.1 Å². The van der Waals surface area contributed by atoms with Crippen molar-refractivity contribution in [3.8, 4) is 11.5 Å². The second-order valence-corrected chi connectivity index (χ2v) is 6.49. The van der Waals surface area contributed by atoms with Crippen molar-refractivity contribution < 1.29 is 15.3 Å². The molecule has 1 heterocycles. The van der Waals surface area contributed by atoms with Gasteiger partial charge < -0.3 is 20.2 Å². The molecular formula is C17H26N2O3. The molecule has 1 aliphatic carbocycles. The number of aromatic hydroxyl groups is 2. The Balaban J connectivity index is 1.64. The highest BCUT2D eigenvalue weighted by Crippen LogP contribution is 2.38. The number of hydrogen-bond acceptors (Lipinski definition) is 5. The zero-order valence-corrected chi connectivity index (χ0v) is 13.0. The molecule has 1 saturated heterocycles. The van der Waals surface area contributed by atoms with E-state index in [9.17, 15) is 10.2 Å². The Morgan fingerprint density at radius 2 is 1.68 bits per heavy atom. The molecule has 0 bridgehead atoms. The van der Waals surface area contributed by atoms with Gasteiger partial charge in [-0.3, -0.25) is 4.90 Å². The minimum Gasteiger partial charge on any atom is -0.504 e. The number of hydrogen-bond donors (Lipinski definition) is 3. The van der Waals surface area contributed by atoms with Gasteiger partial charge in [0.05, 0.1) is 6.61 Å². The number of aliphatic hydroxyl groups excluding tert-OH is 1. The van der Waals surface area contributed by atoms with Gasteiger partial charge in [-0.2, -0.15) is 0 Å². The molecule has 1 unspecified atom stereocenters. The lowest BCUT2D eigenvalue weighted by atomic mass is 9.82. The zero-order chi connectivity index (χ0) is 15.5. The highest BCUT2D eigenvalue weighted by molar-refractivity contribution is 5.48. The van der Waals surface area contributed by atoms with E-state index >= 15 is 0 Å². The first-order chi connectivity index (χ1) is 10.7. The van der Waals surface area contributed by atoms with E-state index in [-0.39, 0.29) is 18.1 Å². The highest BCUT2D eigenvalue weighted by Gasteiger charge is 2.25. The molecule has 5 heteroatoms. The van der Waals surface area contributed by atoms with Crippen LogP contribution in [0.2, 0.25) is 0 Å². The van der Waals surface area contributed by atoms with Crippen molar-refractivity contribution in [2.45, 2.75) is 25.2 Å². The van der Waals surface area contributed by atoms with Crippen LogP contribution in [0.4, 0.5) is 0 Å². The number of benzene rings is 1. The van der Waals surface area contributed by atoms with Gasteiger partial charge in [-0.1, -0.05) is 0 Å². The number of rotatable bonds is 4. The van der Waals surface area contributed by atoms with Crippen molar-refractivity contribution in [2.75, 3.05) is 45.9 Å². The van der Waals surface area contributed by atoms with Crippen LogP contribution >= 0.6 is 0 Å². The zero-order valence-electron chi connectivity index (χ0n) is 13.0. The normalized spacial score (nSPS) is 23.4. The van der Waals surface area contributed by atoms with E-state index in [4.69, 9.17) is 5.11 Å². The van der Waals surface area contributed by atoms with Crippen molar-refractivity contribution >= 4 is 0 Å². The number of piperazine rings is 1. The molecular weight excluding hydrogens is 280 g/mol. The molecule has 3 rings (SSSR count). The fourth-order valence-electron chi connectivity index (χ4n) is 3.77. The van der Waals surface area contributed by atoms with Crippen molar-refractivity contribution in [1.29, 1.82) is 0 Å². The fourth-order valence-corrected chi connectivity index (χ4v) is 3.77. The topological polar surface area (TPSA) is 67.2 Å². The first-order valence-electron chi connectivity index (χ1n) is 8.27. The molecule has 0 saturated carbocycles. The van der Waals surface area contributed by atoms with Crippen molar-refractivity contribution in [2.24, 2.45) is 0 Å². The summed E-state index contributed by atoms with van der Waals surface area (Å²) >= 11 is 0. The summed E-state index contributed by atoms with van der Waals surface area (Å²) in [5.41, 5.74) is 2.39. The first-order valence-corrected chi connectivity index (χ1v) is 8.27. The lowest BCUT2D eigenvalue weighted by molar-refractivity contribution is 0.107. The molecule has 1 aromatic carbocycles. The molecule has 3 N–H and O–H groups in total. The molecule has 1 fully saturated rings. The second kappa shape index (κ2) is 6.86. The largest absolute Gasteiger partial charge is 0.504 e. The molecule has 5 nitrogen and oxygen atoms in total. The van der Waals surface area contributed by atoms with E-state index in [0.717, 1.165) is 58.5 Å². The average molecular weight is 306 g/mol. The molecule has 1 aromatic rings. The first kappa shape index (κ1) is 15.6. The number of fused-ring (bicyclic) bond motifs is 1. The maximum absolute atomic E-state index is 9.80. The van der Waals surface area contributed by atoms with Gasteiger partial charge in [0.1, 0.15) is 0 Å². The lowest BCUT2D eigenvalue weighted by Crippen LogP contribution is -2.48. The number of phenols is 2. The van der Waals surface area contributed by atoms with Gasteiger partial charge in [0.15, 0.2) is 11.5 Å². The van der Waals surface area contributed by atoms with Crippen molar-refractivity contribution in [3.63, 3.8) is 0 Å². The van der Waals surface area contributed by atoms with E-state index in [1.807, 2.05) is 0 Å². The smallest absolute Gasteiger partial charge is 0.157 e.